The molecule has 3 N–H and O–H groups in total. The van der Waals surface area contributed by atoms with Gasteiger partial charge in [-0.15, -0.1) is 0 Å². The number of halogens is 1. The molecule has 0 aliphatic carbocycles. The molecular weight excluding hydrogens is 308 g/mol. The molecule has 0 fully saturated rings. The summed E-state index contributed by atoms with van der Waals surface area (Å²) in [5, 5.41) is 11.5. The fourth-order valence-corrected chi connectivity index (χ4v) is 1.96. The summed E-state index contributed by atoms with van der Waals surface area (Å²) in [6, 6.07) is 5.24. The fourth-order valence-electron chi connectivity index (χ4n) is 1.10. The lowest BCUT2D eigenvalue weighted by atomic mass is 10.2. The smallest absolute Gasteiger partial charge is 0.329 e. The van der Waals surface area contributed by atoms with Gasteiger partial charge in [-0.05, 0) is 23.8 Å². The first kappa shape index (κ1) is 16.0. The van der Waals surface area contributed by atoms with E-state index in [2.05, 4.69) is 0 Å². The zero-order valence-electron chi connectivity index (χ0n) is 10.0. The van der Waals surface area contributed by atoms with Crippen LogP contribution >= 0.6 is 11.6 Å². The second-order valence-corrected chi connectivity index (χ2v) is 5.58. The Labute approximate surface area is 120 Å². The maximum absolute atomic E-state index is 11.5. The topological polar surface area (TPSA) is 113 Å². The Morgan fingerprint density at radius 1 is 1.25 bits per heavy atom. The number of hydrogen-bond donors (Lipinski definition) is 3. The first-order valence-corrected chi connectivity index (χ1v) is 7.17. The van der Waals surface area contributed by atoms with Crippen LogP contribution in [0.2, 0.25) is 5.02 Å². The Bertz CT molecular complexity index is 625. The summed E-state index contributed by atoms with van der Waals surface area (Å²) in [5.74, 6) is -1.28. The van der Waals surface area contributed by atoms with Crippen molar-refractivity contribution in [2.45, 2.75) is 0 Å². The predicted molar refractivity (Wildman–Crippen MR) is 73.6 cm³/mol. The Morgan fingerprint density at radius 2 is 1.85 bits per heavy atom. The van der Waals surface area contributed by atoms with Gasteiger partial charge in [-0.2, -0.15) is 0 Å². The van der Waals surface area contributed by atoms with Crippen molar-refractivity contribution in [3.05, 3.63) is 40.3 Å². The second-order valence-electron chi connectivity index (χ2n) is 3.58. The molecule has 1 aromatic rings. The molecule has 1 rings (SSSR count). The zero-order chi connectivity index (χ0) is 15.2. The van der Waals surface area contributed by atoms with Gasteiger partial charge in [-0.3, -0.25) is 4.79 Å². The number of hydrogen-bond acceptors (Lipinski definition) is 4. The van der Waals surface area contributed by atoms with Crippen LogP contribution in [0.5, 0.6) is 0 Å². The van der Waals surface area contributed by atoms with E-state index in [0.29, 0.717) is 10.6 Å². The van der Waals surface area contributed by atoms with Crippen LogP contribution in [0.15, 0.2) is 29.7 Å². The van der Waals surface area contributed by atoms with Crippen molar-refractivity contribution in [1.29, 1.82) is 0 Å². The molecule has 9 heteroatoms. The van der Waals surface area contributed by atoms with E-state index in [9.17, 15) is 18.0 Å². The number of nitrogens with one attached hydrogen (secondary N) is 2. The third kappa shape index (κ3) is 6.21. The number of benzene rings is 1. The van der Waals surface area contributed by atoms with Crippen LogP contribution in [-0.2, 0) is 14.8 Å². The molecule has 0 aliphatic heterocycles. The van der Waals surface area contributed by atoms with Crippen LogP contribution in [0.25, 0.3) is 6.08 Å². The number of amides is 2. The normalized spacial score (nSPS) is 11.2. The highest BCUT2D eigenvalue weighted by Crippen LogP contribution is 2.10. The average Bonchev–Trinajstić information content (AvgIpc) is 2.35. The van der Waals surface area contributed by atoms with E-state index >= 15 is 0 Å². The summed E-state index contributed by atoms with van der Waals surface area (Å²) < 4.78 is 24.6. The fraction of sp³-hybridized carbons (Fsp3) is 0.0909. The molecular formula is C11H11ClN2O5S. The molecule has 1 aromatic carbocycles. The van der Waals surface area contributed by atoms with Gasteiger partial charge in [0, 0.05) is 5.02 Å². The van der Waals surface area contributed by atoms with E-state index in [0.717, 1.165) is 5.41 Å². The highest BCUT2D eigenvalue weighted by Gasteiger charge is 2.11. The summed E-state index contributed by atoms with van der Waals surface area (Å²) in [6.07, 6.45) is 1.27. The number of carbonyl (C=O) groups is 2. The Kier molecular flexibility index (Phi) is 5.53. The quantitative estimate of drug-likeness (QED) is 0.750. The number of urea groups is 1. The first-order chi connectivity index (χ1) is 9.28. The lowest BCUT2D eigenvalue weighted by molar-refractivity contribution is -0.135. The number of aliphatic carboxylic acids is 1. The Morgan fingerprint density at radius 3 is 2.40 bits per heavy atom. The van der Waals surface area contributed by atoms with Crippen molar-refractivity contribution in [3.63, 3.8) is 0 Å². The van der Waals surface area contributed by atoms with Crippen molar-refractivity contribution in [3.8, 4) is 0 Å². The molecule has 7 nitrogen and oxygen atoms in total. The first-order valence-electron chi connectivity index (χ1n) is 5.24. The van der Waals surface area contributed by atoms with E-state index in [4.69, 9.17) is 16.7 Å². The minimum Gasteiger partial charge on any atom is -0.480 e. The van der Waals surface area contributed by atoms with Gasteiger partial charge in [0.25, 0.3) is 10.0 Å². The third-order valence-electron chi connectivity index (χ3n) is 1.94. The molecule has 0 unspecified atom stereocenters. The third-order valence-corrected chi connectivity index (χ3v) is 3.16. The molecule has 108 valence electrons. The second kappa shape index (κ2) is 6.92. The van der Waals surface area contributed by atoms with E-state index in [1.807, 2.05) is 5.32 Å². The summed E-state index contributed by atoms with van der Waals surface area (Å²) in [7, 11) is -4.01. The summed E-state index contributed by atoms with van der Waals surface area (Å²) in [5.41, 5.74) is 0.575. The van der Waals surface area contributed by atoms with Gasteiger partial charge in [0.05, 0.1) is 5.41 Å². The van der Waals surface area contributed by atoms with Crippen LogP contribution in [0.1, 0.15) is 5.56 Å². The summed E-state index contributed by atoms with van der Waals surface area (Å²) in [6.45, 7) is -0.678. The minimum absolute atomic E-state index is 0.510. The van der Waals surface area contributed by atoms with Crippen molar-refractivity contribution >= 4 is 39.7 Å². The highest BCUT2D eigenvalue weighted by atomic mass is 35.5. The number of carbonyl (C=O) groups excluding carboxylic acids is 1. The minimum atomic E-state index is -4.01. The zero-order valence-corrected chi connectivity index (χ0v) is 11.6. The van der Waals surface area contributed by atoms with E-state index in [1.165, 1.54) is 6.08 Å². The van der Waals surface area contributed by atoms with Gasteiger partial charge < -0.3 is 10.4 Å². The molecule has 0 heterocycles. The van der Waals surface area contributed by atoms with Crippen LogP contribution < -0.4 is 10.0 Å². The van der Waals surface area contributed by atoms with Crippen molar-refractivity contribution < 1.29 is 23.1 Å². The molecule has 2 amide bonds. The van der Waals surface area contributed by atoms with Crippen molar-refractivity contribution in [2.24, 2.45) is 0 Å². The van der Waals surface area contributed by atoms with Crippen LogP contribution in [0.4, 0.5) is 4.79 Å². The number of carboxylic acids is 1. The van der Waals surface area contributed by atoms with Crippen LogP contribution in [-0.4, -0.2) is 32.1 Å². The number of carboxylic acid groups (broad SMARTS) is 1. The molecule has 0 aliphatic rings. The van der Waals surface area contributed by atoms with Crippen LogP contribution in [0.3, 0.4) is 0 Å². The molecule has 20 heavy (non-hydrogen) atoms. The Hall–Kier alpha value is -2.06. The van der Waals surface area contributed by atoms with Gasteiger partial charge in [0.1, 0.15) is 6.54 Å². The van der Waals surface area contributed by atoms with Gasteiger partial charge in [-0.25, -0.2) is 17.9 Å². The lowest BCUT2D eigenvalue weighted by Gasteiger charge is -2.03. The molecule has 0 spiro atoms. The van der Waals surface area contributed by atoms with Gasteiger partial charge >= 0.3 is 12.0 Å². The molecule has 0 saturated heterocycles. The van der Waals surface area contributed by atoms with Gasteiger partial charge in [0.2, 0.25) is 0 Å². The predicted octanol–water partition coefficient (Wildman–Crippen LogP) is 1.02. The van der Waals surface area contributed by atoms with Crippen molar-refractivity contribution in [1.82, 2.24) is 10.0 Å². The maximum atomic E-state index is 11.5. The SMILES string of the molecule is O=C(O)CNC(=O)NS(=O)(=O)C=Cc1ccc(Cl)cc1. The van der Waals surface area contributed by atoms with Crippen LogP contribution in [0, 0.1) is 0 Å². The molecule has 0 aromatic heterocycles. The summed E-state index contributed by atoms with van der Waals surface area (Å²) in [4.78, 5) is 21.3. The Balaban J connectivity index is 2.63. The lowest BCUT2D eigenvalue weighted by Crippen LogP contribution is -2.40. The maximum Gasteiger partial charge on any atom is 0.329 e. The van der Waals surface area contributed by atoms with E-state index < -0.39 is 28.6 Å². The average molecular weight is 319 g/mol. The number of rotatable bonds is 5. The van der Waals surface area contributed by atoms with Crippen molar-refractivity contribution in [2.75, 3.05) is 6.54 Å². The van der Waals surface area contributed by atoms with E-state index in [1.54, 1.807) is 29.0 Å². The molecule has 0 atom stereocenters. The molecule has 0 bridgehead atoms. The largest absolute Gasteiger partial charge is 0.480 e. The van der Waals surface area contributed by atoms with E-state index in [-0.39, 0.29) is 0 Å². The monoisotopic (exact) mass is 318 g/mol. The highest BCUT2D eigenvalue weighted by molar-refractivity contribution is 7.93. The van der Waals surface area contributed by atoms with Gasteiger partial charge in [-0.1, -0.05) is 23.7 Å². The number of sulfonamides is 1. The summed E-state index contributed by atoms with van der Waals surface area (Å²) >= 11 is 5.68. The standard InChI is InChI=1S/C11H11ClN2O5S/c12-9-3-1-8(2-4-9)5-6-20(18,19)14-11(17)13-7-10(15)16/h1-6H,7H2,(H,15,16)(H2,13,14,17). The molecule has 0 radical (unpaired) electrons. The van der Waals surface area contributed by atoms with Gasteiger partial charge in [0.15, 0.2) is 0 Å². The molecule has 0 saturated carbocycles.